The van der Waals surface area contributed by atoms with Gasteiger partial charge in [-0.3, -0.25) is 0 Å². The van der Waals surface area contributed by atoms with Crippen LogP contribution >= 0.6 is 24.8 Å². The van der Waals surface area contributed by atoms with Crippen LogP contribution in [0.4, 0.5) is 0 Å². The van der Waals surface area contributed by atoms with Crippen molar-refractivity contribution in [3.63, 3.8) is 0 Å². The Morgan fingerprint density at radius 1 is 0.433 bits per heavy atom. The van der Waals surface area contributed by atoms with Crippen molar-refractivity contribution in [1.82, 2.24) is 0 Å². The maximum atomic E-state index is 6.39. The molecular weight excluding hydrogens is 903 g/mol. The van der Waals surface area contributed by atoms with Gasteiger partial charge in [-0.1, -0.05) is 210 Å². The molecule has 0 aliphatic heterocycles. The molecule has 2 aliphatic carbocycles. The minimum atomic E-state index is -0.548. The van der Waals surface area contributed by atoms with Crippen LogP contribution in [0.5, 0.6) is 0 Å². The predicted octanol–water partition coefficient (Wildman–Crippen LogP) is 7.97. The van der Waals surface area contributed by atoms with Crippen LogP contribution in [0, 0.1) is 10.8 Å². The van der Waals surface area contributed by atoms with E-state index in [2.05, 4.69) is 225 Å². The molecule has 0 aromatic heterocycles. The summed E-state index contributed by atoms with van der Waals surface area (Å²) in [5, 5.41) is 4.78. The number of fused-ring (bicyclic) bond motifs is 2. The third-order valence-corrected chi connectivity index (χ3v) is 12.2. The van der Waals surface area contributed by atoms with E-state index in [0.29, 0.717) is 21.0 Å². The molecule has 2 unspecified atom stereocenters. The molecule has 2 atom stereocenters. The monoisotopic (exact) mass is 959 g/mol. The first-order valence-electron chi connectivity index (χ1n) is 20.0. The summed E-state index contributed by atoms with van der Waals surface area (Å²) in [6.07, 6.45) is 7.54. The molecule has 2 nitrogen and oxygen atoms in total. The molecule has 0 heterocycles. The largest absolute Gasteiger partial charge is 2.00 e. The Balaban J connectivity index is 0.000000287. The molecule has 6 aromatic carbocycles. The van der Waals surface area contributed by atoms with E-state index >= 15 is 0 Å². The zero-order valence-corrected chi connectivity index (χ0v) is 46.0. The third-order valence-electron chi connectivity index (χ3n) is 11.0. The van der Waals surface area contributed by atoms with Gasteiger partial charge in [0.05, 0.1) is 0 Å². The van der Waals surface area contributed by atoms with Gasteiger partial charge in [-0.2, -0.15) is 34.7 Å². The summed E-state index contributed by atoms with van der Waals surface area (Å²) in [4.78, 5) is 0. The first kappa shape index (κ1) is 51.2. The molecule has 0 N–H and O–H groups in total. The number of benzene rings is 6. The second-order valence-electron chi connectivity index (χ2n) is 16.8. The van der Waals surface area contributed by atoms with Crippen LogP contribution in [0.1, 0.15) is 52.7 Å². The Hall–Kier alpha value is -3.17. The first-order valence-corrected chi connectivity index (χ1v) is 24.0. The van der Waals surface area contributed by atoms with Gasteiger partial charge in [0.1, 0.15) is 21.0 Å². The van der Waals surface area contributed by atoms with Crippen molar-refractivity contribution in [3.8, 4) is 22.3 Å². The fourth-order valence-electron chi connectivity index (χ4n) is 8.37. The van der Waals surface area contributed by atoms with Gasteiger partial charge in [0.2, 0.25) is 0 Å². The summed E-state index contributed by atoms with van der Waals surface area (Å²) in [5.41, 5.74) is 8.48. The molecule has 0 fully saturated rings. The molecule has 8 heteroatoms. The van der Waals surface area contributed by atoms with Crippen molar-refractivity contribution in [2.24, 2.45) is 10.8 Å². The summed E-state index contributed by atoms with van der Waals surface area (Å²) in [6, 6.07) is 55.5. The minimum Gasteiger partial charge on any atom is -0.426 e. The number of halogens is 2. The van der Waals surface area contributed by atoms with Crippen LogP contribution in [0.3, 0.4) is 0 Å². The van der Waals surface area contributed by atoms with Gasteiger partial charge >= 0.3 is 26.2 Å². The average molecular weight is 962 g/mol. The predicted molar refractivity (Wildman–Crippen MR) is 267 cm³/mol. The van der Waals surface area contributed by atoms with E-state index in [1.54, 1.807) is 0 Å². The third kappa shape index (κ3) is 9.88. The quantitative estimate of drug-likeness (QED) is 0.125. The van der Waals surface area contributed by atoms with Gasteiger partial charge in [0, 0.05) is 20.7 Å². The molecule has 6 aromatic rings. The van der Waals surface area contributed by atoms with Gasteiger partial charge in [0.25, 0.3) is 0 Å². The van der Waals surface area contributed by atoms with Crippen molar-refractivity contribution in [2.45, 2.75) is 65.8 Å². The summed E-state index contributed by atoms with van der Waals surface area (Å²) in [7, 11) is 2.04. The fraction of sp³-hybridized carbons (Fsp3) is 0.231. The molecule has 0 amide bonds. The van der Waals surface area contributed by atoms with Gasteiger partial charge in [-0.25, -0.2) is 0 Å². The van der Waals surface area contributed by atoms with E-state index in [1.807, 2.05) is 0 Å². The Morgan fingerprint density at radius 2 is 0.700 bits per heavy atom. The van der Waals surface area contributed by atoms with Gasteiger partial charge in [-0.15, -0.1) is 47.4 Å². The second kappa shape index (κ2) is 21.8. The van der Waals surface area contributed by atoms with Crippen LogP contribution in [0.15, 0.2) is 158 Å². The molecule has 60 heavy (non-hydrogen) atoms. The van der Waals surface area contributed by atoms with Gasteiger partial charge in [-0.05, 0) is 33.1 Å². The van der Waals surface area contributed by atoms with Crippen molar-refractivity contribution in [2.75, 3.05) is 0 Å². The van der Waals surface area contributed by atoms with Crippen molar-refractivity contribution in [3.05, 3.63) is 190 Å². The topological polar surface area (TPSA) is 18.5 Å². The Morgan fingerprint density at radius 3 is 0.950 bits per heavy atom. The molecule has 0 saturated carbocycles. The van der Waals surface area contributed by atoms with Crippen molar-refractivity contribution in [1.29, 1.82) is 0 Å². The molecule has 2 aliphatic rings. The van der Waals surface area contributed by atoms with E-state index in [-0.39, 0.29) is 61.8 Å². The standard InChI is InChI=1S/2C25H25OSi.C2H7Si.2ClH.Zr/c2*1-24(2,3)25(26-27)17-20-15-10-16-21(18-11-6-4-7-12-18)22(20)23(25)19-13-8-5-9-14-19;1-3-2;;;/h2*4-16H,1-3,27H3;3H,1-2H3;2*1H;/q2*-1;;;;+2. The summed E-state index contributed by atoms with van der Waals surface area (Å²) in [5.74, 6) is 0. The van der Waals surface area contributed by atoms with Crippen LogP contribution in [-0.4, -0.2) is 41.7 Å². The molecule has 0 spiro atoms. The number of rotatable bonds is 6. The summed E-state index contributed by atoms with van der Waals surface area (Å²) in [6.45, 7) is 17.9. The van der Waals surface area contributed by atoms with Crippen LogP contribution in [0.25, 0.3) is 45.6 Å². The minimum absolute atomic E-state index is 0. The van der Waals surface area contributed by atoms with E-state index in [4.69, 9.17) is 8.85 Å². The molecule has 0 saturated heterocycles. The number of hydrogen-bond donors (Lipinski definition) is 0. The molecule has 8 rings (SSSR count). The van der Waals surface area contributed by atoms with E-state index in [9.17, 15) is 0 Å². The Kier molecular flexibility index (Phi) is 18.6. The Bertz CT molecular complexity index is 2380. The van der Waals surface area contributed by atoms with Crippen LogP contribution in [0.2, 0.25) is 13.1 Å². The summed E-state index contributed by atoms with van der Waals surface area (Å²) >= 11 is 0. The second-order valence-corrected chi connectivity index (χ2v) is 18.7. The Labute approximate surface area is 399 Å². The molecular formula is C52H59Cl2O2Si3Zr. The molecule has 309 valence electrons. The summed E-state index contributed by atoms with van der Waals surface area (Å²) < 4.78 is 12.8. The fourth-order valence-corrected chi connectivity index (χ4v) is 10.2. The number of hydrogen-bond acceptors (Lipinski definition) is 2. The van der Waals surface area contributed by atoms with Crippen molar-refractivity contribution < 1.29 is 35.1 Å². The SMILES string of the molecule is CC(C)(C)C1(O[SiH3])[C-]=c2cccc(-c3ccccc3)c2=C1c1ccccc1.CC(C)(C)C1(O[SiH3])[C-]=c2cccc(-c3ccccc3)c2=C1c1ccccc1.C[SiH]C.Cl.Cl.[Zr+2]. The average Bonchev–Trinajstić information content (AvgIpc) is 3.78. The maximum absolute atomic E-state index is 6.39. The van der Waals surface area contributed by atoms with Gasteiger partial charge < -0.3 is 8.85 Å². The smallest absolute Gasteiger partial charge is 0.426 e. The maximum Gasteiger partial charge on any atom is 2.00 e. The van der Waals surface area contributed by atoms with Crippen molar-refractivity contribution >= 4 is 78.6 Å². The molecule has 1 radical (unpaired) electrons. The zero-order chi connectivity index (χ0) is 40.8. The first-order chi connectivity index (χ1) is 27.4. The van der Waals surface area contributed by atoms with E-state index in [1.165, 1.54) is 55.0 Å². The van der Waals surface area contributed by atoms with Gasteiger partial charge in [0.15, 0.2) is 0 Å². The van der Waals surface area contributed by atoms with Crippen LogP contribution < -0.4 is 20.9 Å². The van der Waals surface area contributed by atoms with E-state index in [0.717, 1.165) is 20.0 Å². The molecule has 0 bridgehead atoms. The zero-order valence-electron chi connectivity index (χ0n) is 36.7. The normalized spacial score (nSPS) is 17.4. The van der Waals surface area contributed by atoms with Crippen LogP contribution in [-0.2, 0) is 35.1 Å². The van der Waals surface area contributed by atoms with E-state index < -0.39 is 11.2 Å².